The first-order chi connectivity index (χ1) is 13.2. The highest BCUT2D eigenvalue weighted by Crippen LogP contribution is 2.47. The summed E-state index contributed by atoms with van der Waals surface area (Å²) in [6.45, 7) is 4.48. The van der Waals surface area contributed by atoms with Gasteiger partial charge in [0.25, 0.3) is 0 Å². The molecule has 0 amide bonds. The minimum Gasteiger partial charge on any atom is -0.389 e. The highest BCUT2D eigenvalue weighted by Gasteiger charge is 2.49. The second-order valence-electron chi connectivity index (χ2n) is 7.59. The van der Waals surface area contributed by atoms with Gasteiger partial charge in [-0.05, 0) is 50.6 Å². The smallest absolute Gasteiger partial charge is 0.158 e. The number of ketones is 2. The Morgan fingerprint density at radius 2 is 1.68 bits per heavy atom. The van der Waals surface area contributed by atoms with E-state index < -0.39 is 23.3 Å². The van der Waals surface area contributed by atoms with Gasteiger partial charge in [0.2, 0.25) is 0 Å². The van der Waals surface area contributed by atoms with Crippen LogP contribution in [-0.2, 0) is 9.59 Å². The van der Waals surface area contributed by atoms with Crippen LogP contribution >= 0.6 is 0 Å². The first kappa shape index (κ1) is 20.0. The van der Waals surface area contributed by atoms with Crippen molar-refractivity contribution in [3.8, 4) is 0 Å². The maximum atomic E-state index is 13.5. The number of carbonyl (C=O) groups is 2. The number of hydrogen-bond acceptors (Lipinski definition) is 4. The predicted molar refractivity (Wildman–Crippen MR) is 106 cm³/mol. The van der Waals surface area contributed by atoms with E-state index in [1.807, 2.05) is 30.3 Å². The molecule has 4 nitrogen and oxygen atoms in total. The van der Waals surface area contributed by atoms with Crippen LogP contribution in [0.2, 0.25) is 0 Å². The molecule has 0 saturated heterocycles. The van der Waals surface area contributed by atoms with Crippen LogP contribution in [0, 0.1) is 11.7 Å². The third-order valence-corrected chi connectivity index (χ3v) is 5.29. The van der Waals surface area contributed by atoms with Gasteiger partial charge >= 0.3 is 0 Å². The molecule has 0 saturated carbocycles. The molecular formula is C23H24FNO3. The van der Waals surface area contributed by atoms with Gasteiger partial charge in [-0.1, -0.05) is 30.3 Å². The third kappa shape index (κ3) is 3.90. The molecule has 3 atom stereocenters. The molecule has 0 spiro atoms. The molecule has 5 heteroatoms. The normalized spacial score (nSPS) is 24.8. The Balaban J connectivity index is 2.21. The SMILES string of the molecule is CC(=O)C1=C(Nc2ccccc2)C[C@](C)(O)[C@@H](C(C)=O)[C@@H]1c1ccc(F)cc1. The van der Waals surface area contributed by atoms with E-state index in [1.54, 1.807) is 19.1 Å². The van der Waals surface area contributed by atoms with E-state index in [0.29, 0.717) is 16.8 Å². The lowest BCUT2D eigenvalue weighted by Gasteiger charge is -2.43. The Morgan fingerprint density at radius 3 is 2.21 bits per heavy atom. The van der Waals surface area contributed by atoms with Gasteiger partial charge in [-0.3, -0.25) is 9.59 Å². The lowest BCUT2D eigenvalue weighted by atomic mass is 9.64. The highest BCUT2D eigenvalue weighted by molar-refractivity contribution is 5.98. The quantitative estimate of drug-likeness (QED) is 0.814. The van der Waals surface area contributed by atoms with Gasteiger partial charge in [0.1, 0.15) is 11.6 Å². The number of hydrogen-bond donors (Lipinski definition) is 2. The number of halogens is 1. The van der Waals surface area contributed by atoms with Crippen molar-refractivity contribution >= 4 is 17.3 Å². The van der Waals surface area contributed by atoms with Crippen LogP contribution in [0.25, 0.3) is 0 Å². The van der Waals surface area contributed by atoms with Crippen LogP contribution in [0.5, 0.6) is 0 Å². The molecule has 3 rings (SSSR count). The van der Waals surface area contributed by atoms with E-state index in [-0.39, 0.29) is 18.0 Å². The summed E-state index contributed by atoms with van der Waals surface area (Å²) >= 11 is 0. The van der Waals surface area contributed by atoms with Crippen LogP contribution in [0.4, 0.5) is 10.1 Å². The zero-order valence-corrected chi connectivity index (χ0v) is 16.2. The number of rotatable bonds is 5. The van der Waals surface area contributed by atoms with Crippen molar-refractivity contribution in [3.05, 3.63) is 77.2 Å². The summed E-state index contributed by atoms with van der Waals surface area (Å²) in [5.41, 5.74) is 1.07. The number of anilines is 1. The minimum absolute atomic E-state index is 0.138. The van der Waals surface area contributed by atoms with Crippen LogP contribution in [-0.4, -0.2) is 22.3 Å². The molecule has 2 aromatic carbocycles. The lowest BCUT2D eigenvalue weighted by molar-refractivity contribution is -0.131. The average Bonchev–Trinajstić information content (AvgIpc) is 2.61. The van der Waals surface area contributed by atoms with Crippen molar-refractivity contribution in [1.29, 1.82) is 0 Å². The molecule has 0 fully saturated rings. The van der Waals surface area contributed by atoms with Crippen LogP contribution < -0.4 is 5.32 Å². The van der Waals surface area contributed by atoms with E-state index in [2.05, 4.69) is 5.32 Å². The average molecular weight is 381 g/mol. The molecule has 0 unspecified atom stereocenters. The number of para-hydroxylation sites is 1. The Kier molecular flexibility index (Phi) is 5.47. The van der Waals surface area contributed by atoms with Crippen molar-refractivity contribution in [2.24, 2.45) is 5.92 Å². The Labute approximate surface area is 164 Å². The Morgan fingerprint density at radius 1 is 1.07 bits per heavy atom. The van der Waals surface area contributed by atoms with Gasteiger partial charge in [-0.15, -0.1) is 0 Å². The molecule has 0 aromatic heterocycles. The molecule has 1 aliphatic rings. The zero-order chi connectivity index (χ0) is 20.5. The molecule has 1 aliphatic carbocycles. The van der Waals surface area contributed by atoms with Gasteiger partial charge in [-0.25, -0.2) is 4.39 Å². The van der Waals surface area contributed by atoms with Gasteiger partial charge in [-0.2, -0.15) is 0 Å². The molecule has 146 valence electrons. The van der Waals surface area contributed by atoms with Crippen molar-refractivity contribution in [2.45, 2.75) is 38.7 Å². The van der Waals surface area contributed by atoms with E-state index in [4.69, 9.17) is 0 Å². The second kappa shape index (κ2) is 7.68. The van der Waals surface area contributed by atoms with Crippen molar-refractivity contribution in [3.63, 3.8) is 0 Å². The van der Waals surface area contributed by atoms with Crippen LogP contribution in [0.1, 0.15) is 38.7 Å². The Bertz CT molecular complexity index is 917. The monoisotopic (exact) mass is 381 g/mol. The van der Waals surface area contributed by atoms with Crippen molar-refractivity contribution in [1.82, 2.24) is 0 Å². The summed E-state index contributed by atoms with van der Waals surface area (Å²) in [6, 6.07) is 15.1. The van der Waals surface area contributed by atoms with Crippen LogP contribution in [0.3, 0.4) is 0 Å². The van der Waals surface area contributed by atoms with Gasteiger partial charge in [0, 0.05) is 29.3 Å². The van der Waals surface area contributed by atoms with E-state index in [0.717, 1.165) is 5.69 Å². The third-order valence-electron chi connectivity index (χ3n) is 5.29. The maximum Gasteiger partial charge on any atom is 0.158 e. The Hall–Kier alpha value is -2.79. The van der Waals surface area contributed by atoms with E-state index >= 15 is 0 Å². The fourth-order valence-electron chi connectivity index (χ4n) is 4.22. The predicted octanol–water partition coefficient (Wildman–Crippen LogP) is 4.22. The fraction of sp³-hybridized carbons (Fsp3) is 0.304. The maximum absolute atomic E-state index is 13.5. The van der Waals surface area contributed by atoms with Gasteiger partial charge in [0.15, 0.2) is 5.78 Å². The molecule has 0 aliphatic heterocycles. The van der Waals surface area contributed by atoms with Crippen molar-refractivity contribution in [2.75, 3.05) is 5.32 Å². The molecule has 28 heavy (non-hydrogen) atoms. The van der Waals surface area contributed by atoms with Gasteiger partial charge < -0.3 is 10.4 Å². The zero-order valence-electron chi connectivity index (χ0n) is 16.2. The number of allylic oxidation sites excluding steroid dienone is 1. The van der Waals surface area contributed by atoms with Crippen LogP contribution in [0.15, 0.2) is 65.9 Å². The van der Waals surface area contributed by atoms with E-state index in [1.165, 1.54) is 26.0 Å². The molecule has 0 bridgehead atoms. The second-order valence-corrected chi connectivity index (χ2v) is 7.59. The largest absolute Gasteiger partial charge is 0.389 e. The molecular weight excluding hydrogens is 357 g/mol. The summed E-state index contributed by atoms with van der Waals surface area (Å²) in [5, 5.41) is 14.4. The van der Waals surface area contributed by atoms with Crippen molar-refractivity contribution < 1.29 is 19.1 Å². The molecule has 0 heterocycles. The summed E-state index contributed by atoms with van der Waals surface area (Å²) in [4.78, 5) is 25.2. The summed E-state index contributed by atoms with van der Waals surface area (Å²) in [5.74, 6) is -2.27. The molecule has 2 aromatic rings. The topological polar surface area (TPSA) is 66.4 Å². The first-order valence-corrected chi connectivity index (χ1v) is 9.25. The number of carbonyl (C=O) groups excluding carboxylic acids is 2. The number of nitrogens with one attached hydrogen (secondary N) is 1. The van der Waals surface area contributed by atoms with E-state index in [9.17, 15) is 19.1 Å². The number of benzene rings is 2. The first-order valence-electron chi connectivity index (χ1n) is 9.25. The molecule has 2 N–H and O–H groups in total. The molecule has 0 radical (unpaired) electrons. The summed E-state index contributed by atoms with van der Waals surface area (Å²) in [7, 11) is 0. The highest BCUT2D eigenvalue weighted by atomic mass is 19.1. The fourth-order valence-corrected chi connectivity index (χ4v) is 4.22. The summed E-state index contributed by atoms with van der Waals surface area (Å²) < 4.78 is 13.5. The lowest BCUT2D eigenvalue weighted by Crippen LogP contribution is -2.48. The number of Topliss-reactive ketones (excluding diaryl/α,β-unsaturated/α-hetero) is 2. The standard InChI is InChI=1S/C23H24FNO3/c1-14(26)20-19(25-18-7-5-4-6-8-18)13-23(3,28)22(15(2)27)21(20)16-9-11-17(24)12-10-16/h4-12,21-22,25,28H,13H2,1-3H3/t21-,22+,23+/m1/s1. The minimum atomic E-state index is -1.36. The van der Waals surface area contributed by atoms with Gasteiger partial charge in [0.05, 0.1) is 11.5 Å². The number of aliphatic hydroxyl groups is 1. The summed E-state index contributed by atoms with van der Waals surface area (Å²) in [6.07, 6.45) is 0.138.